The fraction of sp³-hybridized carbons (Fsp3) is 0.316. The molecule has 2 aliphatic rings. The number of sulfonamides is 1. The minimum absolute atomic E-state index is 0.0731. The monoisotopic (exact) mass is 340 g/mol. The summed E-state index contributed by atoms with van der Waals surface area (Å²) in [6, 6.07) is 11.8. The molecule has 1 saturated heterocycles. The Hall–Kier alpha value is -1.98. The maximum absolute atomic E-state index is 13.2. The Labute approximate surface area is 142 Å². The minimum Gasteiger partial charge on any atom is -0.265 e. The van der Waals surface area contributed by atoms with Gasteiger partial charge in [-0.05, 0) is 60.6 Å². The first kappa shape index (κ1) is 15.5. The fourth-order valence-electron chi connectivity index (χ4n) is 3.71. The zero-order valence-electron chi connectivity index (χ0n) is 13.4. The van der Waals surface area contributed by atoms with Gasteiger partial charge in [0.25, 0.3) is 0 Å². The van der Waals surface area contributed by atoms with Gasteiger partial charge in [0.15, 0.2) is 0 Å². The molecule has 24 heavy (non-hydrogen) atoms. The molecule has 5 heteroatoms. The van der Waals surface area contributed by atoms with E-state index < -0.39 is 10.0 Å². The lowest BCUT2D eigenvalue weighted by atomic mass is 9.98. The predicted molar refractivity (Wildman–Crippen MR) is 94.6 cm³/mol. The van der Waals surface area contributed by atoms with Crippen LogP contribution in [0.15, 0.2) is 53.7 Å². The molecule has 1 aromatic carbocycles. The second-order valence-corrected chi connectivity index (χ2v) is 8.31. The maximum atomic E-state index is 13.2. The smallest absolute Gasteiger partial charge is 0.239 e. The van der Waals surface area contributed by atoms with Crippen LogP contribution in [0.5, 0.6) is 0 Å². The van der Waals surface area contributed by atoms with Crippen LogP contribution in [0.4, 0.5) is 0 Å². The highest BCUT2D eigenvalue weighted by Crippen LogP contribution is 2.38. The number of fused-ring (bicyclic) bond motifs is 1. The Morgan fingerprint density at radius 1 is 1.04 bits per heavy atom. The van der Waals surface area contributed by atoms with E-state index in [0.717, 1.165) is 30.4 Å². The molecule has 1 aliphatic heterocycles. The van der Waals surface area contributed by atoms with Crippen molar-refractivity contribution >= 4 is 16.1 Å². The third kappa shape index (κ3) is 2.68. The van der Waals surface area contributed by atoms with Crippen molar-refractivity contribution < 1.29 is 8.42 Å². The highest BCUT2D eigenvalue weighted by molar-refractivity contribution is 7.93. The number of hydrogen-bond acceptors (Lipinski definition) is 3. The molecule has 1 aromatic heterocycles. The quantitative estimate of drug-likeness (QED) is 0.859. The SMILES string of the molecule is O=S(=O)(C1=Cc2ccccc2CC1)N1CCC[C@@H]1c1ccncc1. The van der Waals surface area contributed by atoms with Crippen LogP contribution in [0.2, 0.25) is 0 Å². The Morgan fingerprint density at radius 3 is 2.67 bits per heavy atom. The van der Waals surface area contributed by atoms with Gasteiger partial charge in [-0.15, -0.1) is 0 Å². The molecule has 0 radical (unpaired) electrons. The maximum Gasteiger partial charge on any atom is 0.239 e. The molecule has 0 N–H and O–H groups in total. The van der Waals surface area contributed by atoms with Gasteiger partial charge in [-0.1, -0.05) is 24.3 Å². The molecule has 124 valence electrons. The van der Waals surface area contributed by atoms with Crippen molar-refractivity contribution in [1.29, 1.82) is 0 Å². The topological polar surface area (TPSA) is 50.3 Å². The van der Waals surface area contributed by atoms with Crippen molar-refractivity contribution in [1.82, 2.24) is 9.29 Å². The van der Waals surface area contributed by atoms with Gasteiger partial charge in [0.05, 0.1) is 10.9 Å². The van der Waals surface area contributed by atoms with Crippen molar-refractivity contribution in [3.05, 3.63) is 70.4 Å². The van der Waals surface area contributed by atoms with Gasteiger partial charge < -0.3 is 0 Å². The number of allylic oxidation sites excluding steroid dienone is 1. The first-order valence-electron chi connectivity index (χ1n) is 8.36. The van der Waals surface area contributed by atoms with Crippen LogP contribution in [0.1, 0.15) is 42.0 Å². The summed E-state index contributed by atoms with van der Waals surface area (Å²) in [6.07, 6.45) is 8.45. The summed E-state index contributed by atoms with van der Waals surface area (Å²) in [5.41, 5.74) is 3.29. The summed E-state index contributed by atoms with van der Waals surface area (Å²) in [4.78, 5) is 4.58. The third-order valence-electron chi connectivity index (χ3n) is 4.95. The van der Waals surface area contributed by atoms with Crippen LogP contribution >= 0.6 is 0 Å². The molecule has 2 heterocycles. The number of aromatic nitrogens is 1. The van der Waals surface area contributed by atoms with Crippen LogP contribution in [-0.4, -0.2) is 24.3 Å². The van der Waals surface area contributed by atoms with Gasteiger partial charge in [-0.25, -0.2) is 8.42 Å². The van der Waals surface area contributed by atoms with Gasteiger partial charge in [0, 0.05) is 18.9 Å². The molecule has 0 saturated carbocycles. The van der Waals surface area contributed by atoms with Crippen molar-refractivity contribution in [3.8, 4) is 0 Å². The summed E-state index contributed by atoms with van der Waals surface area (Å²) < 4.78 is 28.1. The summed E-state index contributed by atoms with van der Waals surface area (Å²) in [5, 5.41) is 0. The Morgan fingerprint density at radius 2 is 1.83 bits per heavy atom. The number of rotatable bonds is 3. The van der Waals surface area contributed by atoms with E-state index in [9.17, 15) is 8.42 Å². The second-order valence-electron chi connectivity index (χ2n) is 6.36. The zero-order chi connectivity index (χ0) is 16.6. The van der Waals surface area contributed by atoms with Crippen molar-refractivity contribution in [2.24, 2.45) is 0 Å². The fourth-order valence-corrected chi connectivity index (χ4v) is 5.58. The molecule has 4 rings (SSSR count). The lowest BCUT2D eigenvalue weighted by molar-refractivity contribution is 0.400. The number of benzene rings is 1. The Kier molecular flexibility index (Phi) is 3.98. The molecule has 0 bridgehead atoms. The summed E-state index contributed by atoms with van der Waals surface area (Å²) in [7, 11) is -3.43. The van der Waals surface area contributed by atoms with E-state index in [1.165, 1.54) is 5.56 Å². The lowest BCUT2D eigenvalue weighted by Crippen LogP contribution is -2.32. The van der Waals surface area contributed by atoms with Crippen LogP contribution in [0, 0.1) is 0 Å². The third-order valence-corrected chi connectivity index (χ3v) is 6.99. The number of pyridine rings is 1. The van der Waals surface area contributed by atoms with E-state index in [0.29, 0.717) is 17.9 Å². The molecule has 0 spiro atoms. The van der Waals surface area contributed by atoms with Gasteiger partial charge in [-0.3, -0.25) is 4.98 Å². The standard InChI is InChI=1S/C19H20N2O2S/c22-24(23,18-8-7-15-4-1-2-5-17(15)14-18)21-13-3-6-19(21)16-9-11-20-12-10-16/h1-2,4-5,9-12,14,19H,3,6-8,13H2/t19-/m1/s1. The van der Waals surface area contributed by atoms with Gasteiger partial charge in [-0.2, -0.15) is 4.31 Å². The first-order chi connectivity index (χ1) is 11.7. The molecule has 1 atom stereocenters. The van der Waals surface area contributed by atoms with Gasteiger partial charge in [0.1, 0.15) is 0 Å². The lowest BCUT2D eigenvalue weighted by Gasteiger charge is -2.27. The Balaban J connectivity index is 1.69. The minimum atomic E-state index is -3.43. The van der Waals surface area contributed by atoms with Crippen molar-refractivity contribution in [3.63, 3.8) is 0 Å². The molecule has 1 fully saturated rings. The van der Waals surface area contributed by atoms with Crippen molar-refractivity contribution in [2.45, 2.75) is 31.7 Å². The highest BCUT2D eigenvalue weighted by atomic mass is 32.2. The molecule has 0 amide bonds. The number of nitrogens with zero attached hydrogens (tertiary/aromatic N) is 2. The highest BCUT2D eigenvalue weighted by Gasteiger charge is 2.37. The van der Waals surface area contributed by atoms with E-state index in [4.69, 9.17) is 0 Å². The summed E-state index contributed by atoms with van der Waals surface area (Å²) in [6.45, 7) is 0.592. The van der Waals surface area contributed by atoms with Crippen molar-refractivity contribution in [2.75, 3.05) is 6.54 Å². The van der Waals surface area contributed by atoms with E-state index >= 15 is 0 Å². The van der Waals surface area contributed by atoms with E-state index in [2.05, 4.69) is 11.1 Å². The summed E-state index contributed by atoms with van der Waals surface area (Å²) in [5.74, 6) is 0. The summed E-state index contributed by atoms with van der Waals surface area (Å²) >= 11 is 0. The molecule has 1 aliphatic carbocycles. The van der Waals surface area contributed by atoms with E-state index in [1.807, 2.05) is 36.4 Å². The average Bonchev–Trinajstić information content (AvgIpc) is 3.13. The van der Waals surface area contributed by atoms with Crippen LogP contribution < -0.4 is 0 Å². The van der Waals surface area contributed by atoms with Crippen LogP contribution in [-0.2, 0) is 16.4 Å². The van der Waals surface area contributed by atoms with E-state index in [1.54, 1.807) is 16.7 Å². The zero-order valence-corrected chi connectivity index (χ0v) is 14.2. The van der Waals surface area contributed by atoms with Crippen LogP contribution in [0.25, 0.3) is 6.08 Å². The molecule has 2 aromatic rings. The molecule has 4 nitrogen and oxygen atoms in total. The van der Waals surface area contributed by atoms with E-state index in [-0.39, 0.29) is 6.04 Å². The van der Waals surface area contributed by atoms with Gasteiger partial charge in [0.2, 0.25) is 10.0 Å². The second kappa shape index (κ2) is 6.15. The van der Waals surface area contributed by atoms with Gasteiger partial charge >= 0.3 is 0 Å². The number of hydrogen-bond donors (Lipinski definition) is 0. The largest absolute Gasteiger partial charge is 0.265 e. The number of aryl methyl sites for hydroxylation is 1. The predicted octanol–water partition coefficient (Wildman–Crippen LogP) is 3.54. The Bertz CT molecular complexity index is 875. The normalized spacial score (nSPS) is 21.3. The van der Waals surface area contributed by atoms with Crippen LogP contribution in [0.3, 0.4) is 0 Å². The average molecular weight is 340 g/mol. The molecular formula is C19H20N2O2S. The molecular weight excluding hydrogens is 320 g/mol. The molecule has 0 unspecified atom stereocenters. The first-order valence-corrected chi connectivity index (χ1v) is 9.80.